The van der Waals surface area contributed by atoms with Crippen LogP contribution in [0.4, 0.5) is 0 Å². The van der Waals surface area contributed by atoms with E-state index in [4.69, 9.17) is 4.74 Å². The first-order valence-corrected chi connectivity index (χ1v) is 6.96. The Bertz CT molecular complexity index is 819. The molecule has 116 valence electrons. The van der Waals surface area contributed by atoms with E-state index in [0.29, 0.717) is 17.0 Å². The standard InChI is InChI=1S/C17H14N2O4/c1-22-16(20)11-6-8-12(9-7-11)17(21)23-10-15-18-13-4-2-3-5-14(13)19-15/h2-9H,10H2,1H3,(H,18,19). The molecular weight excluding hydrogens is 296 g/mol. The first kappa shape index (κ1) is 14.8. The summed E-state index contributed by atoms with van der Waals surface area (Å²) in [5.41, 5.74) is 2.44. The molecule has 3 aromatic rings. The number of fused-ring (bicyclic) bond motifs is 1. The van der Waals surface area contributed by atoms with Gasteiger partial charge in [-0.15, -0.1) is 0 Å². The van der Waals surface area contributed by atoms with Crippen molar-refractivity contribution < 1.29 is 19.1 Å². The molecule has 0 aliphatic rings. The molecule has 0 unspecified atom stereocenters. The number of esters is 2. The van der Waals surface area contributed by atoms with Crippen LogP contribution < -0.4 is 0 Å². The summed E-state index contributed by atoms with van der Waals surface area (Å²) in [6.45, 7) is 0.0479. The van der Waals surface area contributed by atoms with Crippen LogP contribution in [0.2, 0.25) is 0 Å². The third-order valence-electron chi connectivity index (χ3n) is 3.32. The second-order valence-corrected chi connectivity index (χ2v) is 4.85. The van der Waals surface area contributed by atoms with Gasteiger partial charge in [0.15, 0.2) is 0 Å². The number of H-pyrrole nitrogens is 1. The summed E-state index contributed by atoms with van der Waals surface area (Å²) < 4.78 is 9.82. The maximum Gasteiger partial charge on any atom is 0.338 e. The maximum atomic E-state index is 12.0. The van der Waals surface area contributed by atoms with Gasteiger partial charge >= 0.3 is 11.9 Å². The van der Waals surface area contributed by atoms with E-state index in [9.17, 15) is 9.59 Å². The van der Waals surface area contributed by atoms with E-state index in [1.807, 2.05) is 24.3 Å². The van der Waals surface area contributed by atoms with E-state index in [2.05, 4.69) is 14.7 Å². The Hall–Kier alpha value is -3.15. The molecule has 0 radical (unpaired) electrons. The summed E-state index contributed by atoms with van der Waals surface area (Å²) >= 11 is 0. The van der Waals surface area contributed by atoms with E-state index in [-0.39, 0.29) is 6.61 Å². The fourth-order valence-electron chi connectivity index (χ4n) is 2.15. The first-order valence-electron chi connectivity index (χ1n) is 6.96. The number of nitrogens with zero attached hydrogens (tertiary/aromatic N) is 1. The van der Waals surface area contributed by atoms with Crippen LogP contribution in [0.1, 0.15) is 26.5 Å². The number of imidazole rings is 1. The number of benzene rings is 2. The normalized spacial score (nSPS) is 10.5. The third kappa shape index (κ3) is 3.21. The van der Waals surface area contributed by atoms with Crippen LogP contribution >= 0.6 is 0 Å². The highest BCUT2D eigenvalue weighted by atomic mass is 16.5. The highest BCUT2D eigenvalue weighted by Crippen LogP contribution is 2.12. The van der Waals surface area contributed by atoms with Gasteiger partial charge in [-0.3, -0.25) is 0 Å². The smallest absolute Gasteiger partial charge is 0.338 e. The van der Waals surface area contributed by atoms with Crippen molar-refractivity contribution in [3.8, 4) is 0 Å². The Labute approximate surface area is 132 Å². The van der Waals surface area contributed by atoms with E-state index in [1.54, 1.807) is 0 Å². The Kier molecular flexibility index (Phi) is 4.05. The first-order chi connectivity index (χ1) is 11.2. The monoisotopic (exact) mass is 310 g/mol. The average molecular weight is 310 g/mol. The molecule has 6 heteroatoms. The quantitative estimate of drug-likeness (QED) is 0.749. The van der Waals surface area contributed by atoms with Gasteiger partial charge in [0.25, 0.3) is 0 Å². The molecule has 0 saturated heterocycles. The number of rotatable bonds is 4. The average Bonchev–Trinajstić information content (AvgIpc) is 3.02. The summed E-state index contributed by atoms with van der Waals surface area (Å²) in [7, 11) is 1.30. The Balaban J connectivity index is 1.65. The lowest BCUT2D eigenvalue weighted by atomic mass is 10.1. The minimum absolute atomic E-state index is 0.0479. The fraction of sp³-hybridized carbons (Fsp3) is 0.118. The highest BCUT2D eigenvalue weighted by Gasteiger charge is 2.11. The van der Waals surface area contributed by atoms with Gasteiger partial charge in [-0.25, -0.2) is 14.6 Å². The minimum atomic E-state index is -0.484. The second kappa shape index (κ2) is 6.31. The zero-order valence-electron chi connectivity index (χ0n) is 12.4. The minimum Gasteiger partial charge on any atom is -0.465 e. The number of hydrogen-bond acceptors (Lipinski definition) is 5. The molecule has 0 bridgehead atoms. The van der Waals surface area contributed by atoms with Gasteiger partial charge in [0.1, 0.15) is 12.4 Å². The lowest BCUT2D eigenvalue weighted by Gasteiger charge is -2.04. The van der Waals surface area contributed by atoms with E-state index >= 15 is 0 Å². The van der Waals surface area contributed by atoms with Crippen LogP contribution in [0, 0.1) is 0 Å². The van der Waals surface area contributed by atoms with Gasteiger partial charge in [-0.1, -0.05) is 12.1 Å². The van der Waals surface area contributed by atoms with E-state index in [1.165, 1.54) is 31.4 Å². The lowest BCUT2D eigenvalue weighted by molar-refractivity contribution is 0.0462. The lowest BCUT2D eigenvalue weighted by Crippen LogP contribution is -2.07. The number of para-hydroxylation sites is 2. The van der Waals surface area contributed by atoms with Crippen molar-refractivity contribution in [2.24, 2.45) is 0 Å². The molecule has 0 fully saturated rings. The predicted octanol–water partition coefficient (Wildman–Crippen LogP) is 2.71. The number of carbonyl (C=O) groups excluding carboxylic acids is 2. The zero-order valence-corrected chi connectivity index (χ0v) is 12.4. The number of nitrogens with one attached hydrogen (secondary N) is 1. The highest BCUT2D eigenvalue weighted by molar-refractivity contribution is 5.93. The Morgan fingerprint density at radius 1 is 1.00 bits per heavy atom. The topological polar surface area (TPSA) is 81.3 Å². The second-order valence-electron chi connectivity index (χ2n) is 4.85. The molecule has 0 saturated carbocycles. The molecule has 1 N–H and O–H groups in total. The fourth-order valence-corrected chi connectivity index (χ4v) is 2.15. The van der Waals surface area contributed by atoms with Crippen molar-refractivity contribution in [1.82, 2.24) is 9.97 Å². The van der Waals surface area contributed by atoms with Gasteiger partial charge in [0.2, 0.25) is 0 Å². The molecule has 1 heterocycles. The molecule has 1 aromatic heterocycles. The number of hydrogen-bond donors (Lipinski definition) is 1. The largest absolute Gasteiger partial charge is 0.465 e. The molecule has 6 nitrogen and oxygen atoms in total. The van der Waals surface area contributed by atoms with Crippen molar-refractivity contribution in [2.45, 2.75) is 6.61 Å². The Morgan fingerprint density at radius 2 is 1.65 bits per heavy atom. The van der Waals surface area contributed by atoms with E-state index < -0.39 is 11.9 Å². The summed E-state index contributed by atoms with van der Waals surface area (Å²) in [4.78, 5) is 30.8. The molecule has 0 aliphatic heterocycles. The molecule has 0 spiro atoms. The van der Waals surface area contributed by atoms with Gasteiger partial charge in [0.05, 0.1) is 29.3 Å². The zero-order chi connectivity index (χ0) is 16.2. The molecule has 0 aliphatic carbocycles. The number of aromatic amines is 1. The van der Waals surface area contributed by atoms with Crippen molar-refractivity contribution in [2.75, 3.05) is 7.11 Å². The van der Waals surface area contributed by atoms with Crippen LogP contribution in [0.3, 0.4) is 0 Å². The van der Waals surface area contributed by atoms with Gasteiger partial charge < -0.3 is 14.5 Å². The molecule has 23 heavy (non-hydrogen) atoms. The van der Waals surface area contributed by atoms with Gasteiger partial charge in [-0.2, -0.15) is 0 Å². The number of methoxy groups -OCH3 is 1. The van der Waals surface area contributed by atoms with Crippen LogP contribution in [-0.4, -0.2) is 29.0 Å². The van der Waals surface area contributed by atoms with E-state index in [0.717, 1.165) is 11.0 Å². The molecular formula is C17H14N2O4. The number of ether oxygens (including phenoxy) is 2. The van der Waals surface area contributed by atoms with Gasteiger partial charge in [0, 0.05) is 0 Å². The van der Waals surface area contributed by atoms with Gasteiger partial charge in [-0.05, 0) is 36.4 Å². The SMILES string of the molecule is COC(=O)c1ccc(C(=O)OCc2nc3ccccc3[nH]2)cc1. The molecule has 2 aromatic carbocycles. The van der Waals surface area contributed by atoms with Crippen LogP contribution in [0.25, 0.3) is 11.0 Å². The number of carbonyl (C=O) groups is 2. The van der Waals surface area contributed by atoms with Crippen molar-refractivity contribution in [3.05, 3.63) is 65.5 Å². The summed E-state index contributed by atoms with van der Waals surface area (Å²) in [6.07, 6.45) is 0. The Morgan fingerprint density at radius 3 is 2.30 bits per heavy atom. The summed E-state index contributed by atoms with van der Waals surface area (Å²) in [5.74, 6) is -0.361. The van der Waals surface area contributed by atoms with Crippen LogP contribution in [0.15, 0.2) is 48.5 Å². The third-order valence-corrected chi connectivity index (χ3v) is 3.32. The number of aromatic nitrogens is 2. The van der Waals surface area contributed by atoms with Crippen LogP contribution in [-0.2, 0) is 16.1 Å². The summed E-state index contributed by atoms with van der Waals surface area (Å²) in [6, 6.07) is 13.6. The molecule has 0 amide bonds. The van der Waals surface area contributed by atoms with Crippen molar-refractivity contribution in [3.63, 3.8) is 0 Å². The molecule has 3 rings (SSSR count). The molecule has 0 atom stereocenters. The van der Waals surface area contributed by atoms with Crippen molar-refractivity contribution >= 4 is 23.0 Å². The maximum absolute atomic E-state index is 12.0. The van der Waals surface area contributed by atoms with Crippen LogP contribution in [0.5, 0.6) is 0 Å². The predicted molar refractivity (Wildman–Crippen MR) is 83.0 cm³/mol. The summed E-state index contributed by atoms with van der Waals surface area (Å²) in [5, 5.41) is 0. The van der Waals surface area contributed by atoms with Crippen molar-refractivity contribution in [1.29, 1.82) is 0 Å².